The van der Waals surface area contributed by atoms with E-state index in [1.807, 2.05) is 42.5 Å². The van der Waals surface area contributed by atoms with Crippen LogP contribution in [0.4, 0.5) is 0 Å². The van der Waals surface area contributed by atoms with Crippen molar-refractivity contribution in [3.8, 4) is 17.3 Å². The molecule has 0 radical (unpaired) electrons. The van der Waals surface area contributed by atoms with E-state index in [4.69, 9.17) is 9.26 Å². The van der Waals surface area contributed by atoms with Crippen molar-refractivity contribution in [2.24, 2.45) is 4.99 Å². The van der Waals surface area contributed by atoms with Gasteiger partial charge in [0.2, 0.25) is 0 Å². The largest absolute Gasteiger partial charge is 0.497 e. The summed E-state index contributed by atoms with van der Waals surface area (Å²) in [4.78, 5) is 12.8. The SMILES string of the molecule is CN=C(NCCc1noc(-c2ccccn2)n1)NCc1cccc(OC)c1.I. The number of nitrogens with zero attached hydrogens (tertiary/aromatic N) is 4. The average molecular weight is 494 g/mol. The van der Waals surface area contributed by atoms with Crippen LogP contribution in [0.15, 0.2) is 58.2 Å². The maximum atomic E-state index is 5.25. The highest BCUT2D eigenvalue weighted by molar-refractivity contribution is 14.0. The first kappa shape index (κ1) is 21.6. The van der Waals surface area contributed by atoms with Crippen molar-refractivity contribution < 1.29 is 9.26 Å². The van der Waals surface area contributed by atoms with Crippen LogP contribution in [0, 0.1) is 0 Å². The maximum absolute atomic E-state index is 5.25. The number of aromatic nitrogens is 3. The molecule has 9 heteroatoms. The Balaban J connectivity index is 0.00000280. The van der Waals surface area contributed by atoms with Crippen LogP contribution in [-0.4, -0.2) is 41.8 Å². The second kappa shape index (κ2) is 11.2. The highest BCUT2D eigenvalue weighted by Crippen LogP contribution is 2.13. The normalized spacial score (nSPS) is 10.9. The van der Waals surface area contributed by atoms with Gasteiger partial charge in [0.1, 0.15) is 11.4 Å². The van der Waals surface area contributed by atoms with Crippen LogP contribution in [0.3, 0.4) is 0 Å². The van der Waals surface area contributed by atoms with Crippen molar-refractivity contribution in [3.05, 3.63) is 60.0 Å². The van der Waals surface area contributed by atoms with Crippen molar-refractivity contribution in [3.63, 3.8) is 0 Å². The lowest BCUT2D eigenvalue weighted by Gasteiger charge is -2.11. The predicted molar refractivity (Wildman–Crippen MR) is 118 cm³/mol. The summed E-state index contributed by atoms with van der Waals surface area (Å²) < 4.78 is 10.5. The van der Waals surface area contributed by atoms with Gasteiger partial charge < -0.3 is 19.9 Å². The van der Waals surface area contributed by atoms with E-state index >= 15 is 0 Å². The predicted octanol–water partition coefficient (Wildman–Crippen LogP) is 2.67. The molecule has 3 rings (SSSR count). The second-order valence-electron chi connectivity index (χ2n) is 5.68. The third-order valence-corrected chi connectivity index (χ3v) is 3.81. The van der Waals surface area contributed by atoms with Gasteiger partial charge in [0.15, 0.2) is 11.8 Å². The number of guanidine groups is 1. The fraction of sp³-hybridized carbons (Fsp3) is 0.263. The number of rotatable bonds is 7. The van der Waals surface area contributed by atoms with E-state index in [0.29, 0.717) is 42.9 Å². The molecule has 0 aliphatic rings. The first-order chi connectivity index (χ1) is 13.3. The molecule has 0 fully saturated rings. The number of ether oxygens (including phenoxy) is 1. The smallest absolute Gasteiger partial charge is 0.276 e. The summed E-state index contributed by atoms with van der Waals surface area (Å²) >= 11 is 0. The van der Waals surface area contributed by atoms with Crippen molar-refractivity contribution >= 4 is 29.9 Å². The molecule has 0 bridgehead atoms. The van der Waals surface area contributed by atoms with Gasteiger partial charge in [0.25, 0.3) is 5.89 Å². The van der Waals surface area contributed by atoms with Crippen LogP contribution in [0.2, 0.25) is 0 Å². The van der Waals surface area contributed by atoms with Gasteiger partial charge in [0.05, 0.1) is 7.11 Å². The van der Waals surface area contributed by atoms with Crippen LogP contribution in [0.25, 0.3) is 11.6 Å². The Morgan fingerprint density at radius 3 is 2.82 bits per heavy atom. The molecule has 2 heterocycles. The molecular weight excluding hydrogens is 471 g/mol. The van der Waals surface area contributed by atoms with E-state index in [0.717, 1.165) is 11.3 Å². The molecule has 0 aliphatic heterocycles. The summed E-state index contributed by atoms with van der Waals surface area (Å²) in [5.41, 5.74) is 1.77. The Kier molecular flexibility index (Phi) is 8.66. The lowest BCUT2D eigenvalue weighted by atomic mass is 10.2. The van der Waals surface area contributed by atoms with Crippen molar-refractivity contribution in [2.75, 3.05) is 20.7 Å². The maximum Gasteiger partial charge on any atom is 0.276 e. The van der Waals surface area contributed by atoms with Crippen molar-refractivity contribution in [1.82, 2.24) is 25.8 Å². The van der Waals surface area contributed by atoms with E-state index in [2.05, 4.69) is 30.8 Å². The summed E-state index contributed by atoms with van der Waals surface area (Å²) in [5, 5.41) is 10.5. The Labute approximate surface area is 180 Å². The Morgan fingerprint density at radius 2 is 2.07 bits per heavy atom. The molecule has 2 N–H and O–H groups in total. The molecule has 0 aliphatic carbocycles. The van der Waals surface area contributed by atoms with Crippen LogP contribution in [0.5, 0.6) is 5.75 Å². The third kappa shape index (κ3) is 6.19. The minimum Gasteiger partial charge on any atom is -0.497 e. The minimum absolute atomic E-state index is 0. The number of nitrogens with one attached hydrogen (secondary N) is 2. The lowest BCUT2D eigenvalue weighted by molar-refractivity contribution is 0.414. The van der Waals surface area contributed by atoms with Crippen LogP contribution >= 0.6 is 24.0 Å². The molecule has 2 aromatic heterocycles. The van der Waals surface area contributed by atoms with Crippen LogP contribution < -0.4 is 15.4 Å². The molecule has 8 nitrogen and oxygen atoms in total. The van der Waals surface area contributed by atoms with Crippen LogP contribution in [0.1, 0.15) is 11.4 Å². The topological polar surface area (TPSA) is 97.5 Å². The third-order valence-electron chi connectivity index (χ3n) is 3.81. The molecule has 28 heavy (non-hydrogen) atoms. The van der Waals surface area contributed by atoms with Crippen LogP contribution in [-0.2, 0) is 13.0 Å². The number of benzene rings is 1. The zero-order valence-electron chi connectivity index (χ0n) is 15.8. The number of hydrogen-bond acceptors (Lipinski definition) is 6. The molecule has 0 saturated heterocycles. The Morgan fingerprint density at radius 1 is 1.18 bits per heavy atom. The lowest BCUT2D eigenvalue weighted by Crippen LogP contribution is -2.37. The first-order valence-electron chi connectivity index (χ1n) is 8.60. The summed E-state index contributed by atoms with van der Waals surface area (Å²) in [5.74, 6) is 2.57. The molecule has 0 saturated carbocycles. The van der Waals surface area contributed by atoms with Gasteiger partial charge >= 0.3 is 0 Å². The molecular formula is C19H23IN6O2. The van der Waals surface area contributed by atoms with Crippen molar-refractivity contribution in [1.29, 1.82) is 0 Å². The number of halogens is 1. The molecule has 0 unspecified atom stereocenters. The summed E-state index contributed by atoms with van der Waals surface area (Å²) in [6.07, 6.45) is 2.30. The number of methoxy groups -OCH3 is 1. The summed E-state index contributed by atoms with van der Waals surface area (Å²) in [6, 6.07) is 13.4. The highest BCUT2D eigenvalue weighted by Gasteiger charge is 2.09. The number of pyridine rings is 1. The fourth-order valence-corrected chi connectivity index (χ4v) is 2.43. The zero-order valence-corrected chi connectivity index (χ0v) is 18.1. The molecule has 0 spiro atoms. The molecule has 148 valence electrons. The van der Waals surface area contributed by atoms with Gasteiger partial charge in [-0.25, -0.2) is 0 Å². The van der Waals surface area contributed by atoms with Gasteiger partial charge in [-0.1, -0.05) is 23.4 Å². The quantitative estimate of drug-likeness (QED) is 0.296. The van der Waals surface area contributed by atoms with Gasteiger partial charge in [-0.05, 0) is 29.8 Å². The van der Waals surface area contributed by atoms with E-state index in [1.54, 1.807) is 20.4 Å². The Hall–Kier alpha value is -2.69. The standard InChI is InChI=1S/C19H22N6O2.HI/c1-20-19(23-13-14-6-5-7-15(12-14)26-2)22-11-9-17-24-18(27-25-17)16-8-3-4-10-21-16;/h3-8,10,12H,9,11,13H2,1-2H3,(H2,20,22,23);1H. The Bertz CT molecular complexity index is 885. The average Bonchev–Trinajstić information content (AvgIpc) is 3.20. The van der Waals surface area contributed by atoms with Gasteiger partial charge in [0, 0.05) is 32.8 Å². The number of hydrogen-bond donors (Lipinski definition) is 2. The minimum atomic E-state index is 0. The van der Waals surface area contributed by atoms with Gasteiger partial charge in [-0.2, -0.15) is 4.98 Å². The van der Waals surface area contributed by atoms with Gasteiger partial charge in [-0.15, -0.1) is 24.0 Å². The fourth-order valence-electron chi connectivity index (χ4n) is 2.43. The van der Waals surface area contributed by atoms with Crippen molar-refractivity contribution in [2.45, 2.75) is 13.0 Å². The van der Waals surface area contributed by atoms with E-state index < -0.39 is 0 Å². The zero-order chi connectivity index (χ0) is 18.9. The highest BCUT2D eigenvalue weighted by atomic mass is 127. The summed E-state index contributed by atoms with van der Waals surface area (Å²) in [6.45, 7) is 1.27. The molecule has 1 aromatic carbocycles. The van der Waals surface area contributed by atoms with Gasteiger partial charge in [-0.3, -0.25) is 9.98 Å². The molecule has 3 aromatic rings. The molecule has 0 atom stereocenters. The summed E-state index contributed by atoms with van der Waals surface area (Å²) in [7, 11) is 3.39. The molecule has 0 amide bonds. The van der Waals surface area contributed by atoms with E-state index in [1.165, 1.54) is 0 Å². The van der Waals surface area contributed by atoms with E-state index in [-0.39, 0.29) is 24.0 Å². The first-order valence-corrected chi connectivity index (χ1v) is 8.60. The monoisotopic (exact) mass is 494 g/mol. The second-order valence-corrected chi connectivity index (χ2v) is 5.68. The van der Waals surface area contributed by atoms with E-state index in [9.17, 15) is 0 Å². The number of aliphatic imine (C=N–C) groups is 1.